The van der Waals surface area contributed by atoms with Gasteiger partial charge in [-0.05, 0) is 56.2 Å². The second-order valence-corrected chi connectivity index (χ2v) is 8.93. The van der Waals surface area contributed by atoms with E-state index >= 15 is 0 Å². The van der Waals surface area contributed by atoms with E-state index in [-0.39, 0.29) is 0 Å². The number of fused-ring (bicyclic) bond motifs is 5. The molecule has 1 N–H and O–H groups in total. The minimum absolute atomic E-state index is 0.334. The molecule has 1 saturated carbocycles. The molecule has 29 heavy (non-hydrogen) atoms. The number of rotatable bonds is 5. The van der Waals surface area contributed by atoms with E-state index in [1.807, 2.05) is 13.1 Å². The zero-order chi connectivity index (χ0) is 19.8. The number of nitrogens with zero attached hydrogens (tertiary/aromatic N) is 2. The second kappa shape index (κ2) is 8.05. The van der Waals surface area contributed by atoms with Crippen LogP contribution in [-0.4, -0.2) is 56.4 Å². The third-order valence-electron chi connectivity index (χ3n) is 7.24. The summed E-state index contributed by atoms with van der Waals surface area (Å²) in [6, 6.07) is 6.25. The number of hydrogen-bond acceptors (Lipinski definition) is 4. The molecule has 4 fully saturated rings. The van der Waals surface area contributed by atoms with Crippen LogP contribution in [0.4, 0.5) is 0 Å². The van der Waals surface area contributed by atoms with Crippen LogP contribution in [-0.2, 0) is 11.3 Å². The van der Waals surface area contributed by atoms with Gasteiger partial charge in [-0.25, -0.2) is 0 Å². The Morgan fingerprint density at radius 3 is 2.48 bits per heavy atom. The maximum atomic E-state index is 6.16. The van der Waals surface area contributed by atoms with Gasteiger partial charge in [0.05, 0.1) is 25.4 Å². The number of aliphatic imine (C=N–C) groups is 1. The molecule has 0 aromatic heterocycles. The van der Waals surface area contributed by atoms with Crippen molar-refractivity contribution in [1.29, 1.82) is 0 Å². The van der Waals surface area contributed by atoms with E-state index in [0.717, 1.165) is 49.9 Å². The van der Waals surface area contributed by atoms with Crippen LogP contribution in [0.1, 0.15) is 44.1 Å². The van der Waals surface area contributed by atoms with Gasteiger partial charge in [-0.2, -0.15) is 0 Å². The van der Waals surface area contributed by atoms with Crippen LogP contribution >= 0.6 is 0 Å². The van der Waals surface area contributed by atoms with E-state index in [1.54, 1.807) is 7.11 Å². The molecule has 1 aromatic rings. The molecule has 158 valence electrons. The third-order valence-corrected chi connectivity index (χ3v) is 7.24. The van der Waals surface area contributed by atoms with Crippen molar-refractivity contribution in [3.05, 3.63) is 23.8 Å². The highest BCUT2D eigenvalue weighted by Gasteiger charge is 2.53. The number of methoxy groups -OCH3 is 1. The van der Waals surface area contributed by atoms with Gasteiger partial charge in [0.1, 0.15) is 0 Å². The lowest BCUT2D eigenvalue weighted by Crippen LogP contribution is -2.41. The molecule has 4 aliphatic rings. The van der Waals surface area contributed by atoms with Crippen LogP contribution in [0.25, 0.3) is 0 Å². The predicted octanol–water partition coefficient (Wildman–Crippen LogP) is 3.20. The van der Waals surface area contributed by atoms with Crippen molar-refractivity contribution >= 4 is 5.96 Å². The van der Waals surface area contributed by atoms with Crippen molar-refractivity contribution in [3.8, 4) is 11.5 Å². The summed E-state index contributed by atoms with van der Waals surface area (Å²) < 4.78 is 17.9. The van der Waals surface area contributed by atoms with Gasteiger partial charge in [-0.15, -0.1) is 0 Å². The number of hydrogen-bond donors (Lipinski definition) is 1. The van der Waals surface area contributed by atoms with Gasteiger partial charge < -0.3 is 24.4 Å². The molecular formula is C23H33N3O3. The molecule has 4 unspecified atom stereocenters. The summed E-state index contributed by atoms with van der Waals surface area (Å²) in [7, 11) is 3.59. The van der Waals surface area contributed by atoms with Crippen molar-refractivity contribution < 1.29 is 14.2 Å². The van der Waals surface area contributed by atoms with Gasteiger partial charge in [0.25, 0.3) is 0 Å². The van der Waals surface area contributed by atoms with Gasteiger partial charge in [0.2, 0.25) is 0 Å². The van der Waals surface area contributed by atoms with Crippen molar-refractivity contribution in [1.82, 2.24) is 10.2 Å². The summed E-state index contributed by atoms with van der Waals surface area (Å²) in [6.07, 6.45) is 8.58. The summed E-state index contributed by atoms with van der Waals surface area (Å²) in [4.78, 5) is 6.96. The Labute approximate surface area is 173 Å². The summed E-state index contributed by atoms with van der Waals surface area (Å²) in [5, 5.41) is 3.55. The first-order valence-corrected chi connectivity index (χ1v) is 11.2. The van der Waals surface area contributed by atoms with Gasteiger partial charge in [0.15, 0.2) is 17.5 Å². The molecule has 0 spiro atoms. The van der Waals surface area contributed by atoms with Crippen LogP contribution in [0, 0.1) is 11.8 Å². The largest absolute Gasteiger partial charge is 0.493 e. The van der Waals surface area contributed by atoms with Crippen LogP contribution in [0.15, 0.2) is 23.2 Å². The fourth-order valence-electron chi connectivity index (χ4n) is 5.75. The van der Waals surface area contributed by atoms with Crippen molar-refractivity contribution in [2.75, 3.05) is 27.2 Å². The van der Waals surface area contributed by atoms with Gasteiger partial charge in [-0.1, -0.05) is 6.07 Å². The average molecular weight is 400 g/mol. The maximum absolute atomic E-state index is 6.16. The highest BCUT2D eigenvalue weighted by atomic mass is 16.5. The van der Waals surface area contributed by atoms with Gasteiger partial charge >= 0.3 is 0 Å². The van der Waals surface area contributed by atoms with Crippen molar-refractivity contribution in [2.24, 2.45) is 16.8 Å². The van der Waals surface area contributed by atoms with Crippen LogP contribution in [0.5, 0.6) is 11.5 Å². The van der Waals surface area contributed by atoms with Gasteiger partial charge in [0, 0.05) is 38.5 Å². The highest BCUT2D eigenvalue weighted by molar-refractivity contribution is 5.80. The molecule has 1 aromatic carbocycles. The fraction of sp³-hybridized carbons (Fsp3) is 0.696. The standard InChI is InChI=1S/C23H33N3O3/c1-24-23(26-13-17-18(14-26)20-10-9-19(17)29-20)25-12-15-7-8-21(22(11-15)27-2)28-16-5-3-4-6-16/h7-8,11,16-20H,3-6,9-10,12-14H2,1-2H3,(H,24,25). The lowest BCUT2D eigenvalue weighted by atomic mass is 9.82. The number of benzene rings is 1. The minimum Gasteiger partial charge on any atom is -0.493 e. The maximum Gasteiger partial charge on any atom is 0.193 e. The average Bonchev–Trinajstić information content (AvgIpc) is 3.52. The molecule has 0 amide bonds. The van der Waals surface area contributed by atoms with Crippen LogP contribution < -0.4 is 14.8 Å². The van der Waals surface area contributed by atoms with E-state index in [0.29, 0.717) is 30.1 Å². The van der Waals surface area contributed by atoms with Gasteiger partial charge in [-0.3, -0.25) is 4.99 Å². The molecule has 6 heteroatoms. The second-order valence-electron chi connectivity index (χ2n) is 8.93. The van der Waals surface area contributed by atoms with Crippen molar-refractivity contribution in [3.63, 3.8) is 0 Å². The third kappa shape index (κ3) is 3.67. The Bertz CT molecular complexity index is 744. The number of likely N-dealkylation sites (tertiary alicyclic amines) is 1. The fourth-order valence-corrected chi connectivity index (χ4v) is 5.75. The van der Waals surface area contributed by atoms with E-state index in [2.05, 4.69) is 27.3 Å². The molecule has 3 saturated heterocycles. The molecule has 4 atom stereocenters. The first-order chi connectivity index (χ1) is 14.2. The Morgan fingerprint density at radius 1 is 1.10 bits per heavy atom. The predicted molar refractivity (Wildman–Crippen MR) is 113 cm³/mol. The molecule has 6 nitrogen and oxygen atoms in total. The minimum atomic E-state index is 0.334. The van der Waals surface area contributed by atoms with E-state index in [4.69, 9.17) is 14.2 Å². The Morgan fingerprint density at radius 2 is 1.83 bits per heavy atom. The van der Waals surface area contributed by atoms with Crippen LogP contribution in [0.3, 0.4) is 0 Å². The van der Waals surface area contributed by atoms with Crippen LogP contribution in [0.2, 0.25) is 0 Å². The lowest BCUT2D eigenvalue weighted by molar-refractivity contribution is 0.0767. The van der Waals surface area contributed by atoms with E-state index in [9.17, 15) is 0 Å². The molecule has 3 aliphatic heterocycles. The molecule has 1 aliphatic carbocycles. The molecule has 5 rings (SSSR count). The number of ether oxygens (including phenoxy) is 3. The molecule has 0 radical (unpaired) electrons. The molecule has 3 heterocycles. The quantitative estimate of drug-likeness (QED) is 0.609. The first-order valence-electron chi connectivity index (χ1n) is 11.2. The topological polar surface area (TPSA) is 55.3 Å². The molecule has 2 bridgehead atoms. The number of guanidine groups is 1. The Balaban J connectivity index is 1.20. The summed E-state index contributed by atoms with van der Waals surface area (Å²) in [5.74, 6) is 4.02. The smallest absolute Gasteiger partial charge is 0.193 e. The summed E-state index contributed by atoms with van der Waals surface area (Å²) in [5.41, 5.74) is 1.17. The highest BCUT2D eigenvalue weighted by Crippen LogP contribution is 2.47. The zero-order valence-electron chi connectivity index (χ0n) is 17.6. The van der Waals surface area contributed by atoms with Crippen molar-refractivity contribution in [2.45, 2.75) is 63.4 Å². The molecular weight excluding hydrogens is 366 g/mol. The first kappa shape index (κ1) is 19.0. The Kier molecular flexibility index (Phi) is 5.29. The summed E-state index contributed by atoms with van der Waals surface area (Å²) >= 11 is 0. The SMILES string of the molecule is CN=C(NCc1ccc(OC2CCCC2)c(OC)c1)N1CC2C3CCC(O3)C2C1. The number of nitrogens with one attached hydrogen (secondary N) is 1. The lowest BCUT2D eigenvalue weighted by Gasteiger charge is -2.23. The normalized spacial score (nSPS) is 31.4. The Hall–Kier alpha value is -1.95. The van der Waals surface area contributed by atoms with E-state index < -0.39 is 0 Å². The summed E-state index contributed by atoms with van der Waals surface area (Å²) in [6.45, 7) is 2.84. The van der Waals surface area contributed by atoms with E-state index in [1.165, 1.54) is 31.2 Å². The zero-order valence-corrected chi connectivity index (χ0v) is 17.6. The monoisotopic (exact) mass is 399 g/mol.